The molecule has 4 aromatic heterocycles. The Kier molecular flexibility index (Phi) is 4.42. The maximum absolute atomic E-state index is 6.57. The summed E-state index contributed by atoms with van der Waals surface area (Å²) >= 11 is 0. The van der Waals surface area contributed by atoms with Gasteiger partial charge in [0.15, 0.2) is 5.58 Å². The van der Waals surface area contributed by atoms with Gasteiger partial charge in [0.25, 0.3) is 0 Å². The predicted octanol–water partition coefficient (Wildman–Crippen LogP) is 10.8. The van der Waals surface area contributed by atoms with Crippen molar-refractivity contribution in [1.82, 2.24) is 9.38 Å². The third-order valence-corrected chi connectivity index (χ3v) is 8.79. The monoisotopic (exact) mass is 550 g/mol. The van der Waals surface area contributed by atoms with E-state index in [0.29, 0.717) is 0 Å². The van der Waals surface area contributed by atoms with Gasteiger partial charge in [-0.05, 0) is 47.0 Å². The SMILES string of the molecule is c1ccc2c(c1)nc1c3ccccc3c3oc4ccc(-c5ccc(-c6cccc7c6oc6ccccc67)cc5)cc4c3n21. The van der Waals surface area contributed by atoms with Crippen molar-refractivity contribution in [3.63, 3.8) is 0 Å². The first-order chi connectivity index (χ1) is 21.3. The normalized spacial score (nSPS) is 12.2. The molecule has 0 bridgehead atoms. The molecule has 10 rings (SSSR count). The summed E-state index contributed by atoms with van der Waals surface area (Å²) in [4.78, 5) is 5.05. The summed E-state index contributed by atoms with van der Waals surface area (Å²) in [5.74, 6) is 0. The van der Waals surface area contributed by atoms with E-state index in [1.807, 2.05) is 18.2 Å². The van der Waals surface area contributed by atoms with E-state index in [1.54, 1.807) is 0 Å². The highest BCUT2D eigenvalue weighted by atomic mass is 16.3. The fourth-order valence-corrected chi connectivity index (χ4v) is 6.79. The predicted molar refractivity (Wildman–Crippen MR) is 176 cm³/mol. The smallest absolute Gasteiger partial charge is 0.160 e. The van der Waals surface area contributed by atoms with Gasteiger partial charge in [-0.2, -0.15) is 0 Å². The zero-order valence-electron chi connectivity index (χ0n) is 22.9. The molecule has 200 valence electrons. The van der Waals surface area contributed by atoms with Crippen LogP contribution < -0.4 is 0 Å². The van der Waals surface area contributed by atoms with E-state index in [9.17, 15) is 0 Å². The lowest BCUT2D eigenvalue weighted by Crippen LogP contribution is -1.89. The number of benzene rings is 6. The van der Waals surface area contributed by atoms with Crippen LogP contribution in [-0.4, -0.2) is 9.38 Å². The number of hydrogen-bond acceptors (Lipinski definition) is 3. The fourth-order valence-electron chi connectivity index (χ4n) is 6.79. The maximum atomic E-state index is 6.57. The molecule has 0 radical (unpaired) electrons. The first kappa shape index (κ1) is 22.8. The fraction of sp³-hybridized carbons (Fsp3) is 0. The molecule has 0 saturated heterocycles. The molecule has 43 heavy (non-hydrogen) atoms. The Balaban J connectivity index is 1.17. The van der Waals surface area contributed by atoms with E-state index in [0.717, 1.165) is 93.7 Å². The minimum Gasteiger partial charge on any atom is -0.455 e. The highest BCUT2D eigenvalue weighted by Gasteiger charge is 2.19. The Morgan fingerprint density at radius 1 is 0.465 bits per heavy atom. The van der Waals surface area contributed by atoms with Crippen molar-refractivity contribution in [1.29, 1.82) is 0 Å². The van der Waals surface area contributed by atoms with Crippen LogP contribution in [0.15, 0.2) is 142 Å². The average molecular weight is 551 g/mol. The third-order valence-electron chi connectivity index (χ3n) is 8.79. The van der Waals surface area contributed by atoms with Crippen LogP contribution >= 0.6 is 0 Å². The molecule has 0 aliphatic heterocycles. The largest absolute Gasteiger partial charge is 0.455 e. The molecule has 0 fully saturated rings. The van der Waals surface area contributed by atoms with Crippen LogP contribution in [0.2, 0.25) is 0 Å². The molecular weight excluding hydrogens is 528 g/mol. The van der Waals surface area contributed by atoms with Gasteiger partial charge in [-0.15, -0.1) is 0 Å². The lowest BCUT2D eigenvalue weighted by Gasteiger charge is -2.07. The number of para-hydroxylation sites is 4. The minimum atomic E-state index is 0.863. The van der Waals surface area contributed by atoms with Crippen molar-refractivity contribution in [2.24, 2.45) is 0 Å². The first-order valence-corrected chi connectivity index (χ1v) is 14.5. The summed E-state index contributed by atoms with van der Waals surface area (Å²) in [6.07, 6.45) is 0. The Morgan fingerprint density at radius 2 is 1.12 bits per heavy atom. The second-order valence-electron chi connectivity index (χ2n) is 11.2. The number of rotatable bonds is 2. The molecule has 0 atom stereocenters. The van der Waals surface area contributed by atoms with Gasteiger partial charge in [0, 0.05) is 32.5 Å². The van der Waals surface area contributed by atoms with E-state index in [-0.39, 0.29) is 0 Å². The van der Waals surface area contributed by atoms with E-state index < -0.39 is 0 Å². The second-order valence-corrected chi connectivity index (χ2v) is 11.2. The molecule has 4 heteroatoms. The summed E-state index contributed by atoms with van der Waals surface area (Å²) in [6.45, 7) is 0. The van der Waals surface area contributed by atoms with Gasteiger partial charge in [0.05, 0.1) is 11.0 Å². The maximum Gasteiger partial charge on any atom is 0.160 e. The van der Waals surface area contributed by atoms with Gasteiger partial charge in [-0.1, -0.05) is 103 Å². The van der Waals surface area contributed by atoms with Crippen molar-refractivity contribution in [3.05, 3.63) is 133 Å². The molecule has 0 aliphatic rings. The number of aromatic nitrogens is 2. The molecule has 0 aliphatic carbocycles. The number of furan rings is 2. The molecule has 10 aromatic rings. The number of imidazole rings is 1. The van der Waals surface area contributed by atoms with Crippen molar-refractivity contribution >= 4 is 71.5 Å². The third kappa shape index (κ3) is 3.12. The Morgan fingerprint density at radius 3 is 2.02 bits per heavy atom. The highest BCUT2D eigenvalue weighted by Crippen LogP contribution is 2.40. The molecule has 0 unspecified atom stereocenters. The van der Waals surface area contributed by atoms with Gasteiger partial charge >= 0.3 is 0 Å². The standard InChI is InChI=1S/C39H22N2O2/c1-2-10-30-29(9-1)38-36(41-33-14-5-4-13-32(33)40-39(30)41)31-22-25(20-21-35(31)43-38)23-16-18-24(19-17-23)26-11-7-12-28-27-8-3-6-15-34(27)42-37(26)28/h1-22H. The van der Waals surface area contributed by atoms with Gasteiger partial charge in [-0.25, -0.2) is 4.98 Å². The molecule has 4 heterocycles. The molecule has 0 N–H and O–H groups in total. The number of pyridine rings is 1. The molecule has 0 spiro atoms. The molecule has 0 saturated carbocycles. The average Bonchev–Trinajstić information content (AvgIpc) is 3.76. The van der Waals surface area contributed by atoms with Crippen LogP contribution in [0.25, 0.3) is 93.7 Å². The molecule has 6 aromatic carbocycles. The zero-order chi connectivity index (χ0) is 28.1. The summed E-state index contributed by atoms with van der Waals surface area (Å²) in [7, 11) is 0. The molecule has 0 amide bonds. The van der Waals surface area contributed by atoms with Gasteiger partial charge in [0.1, 0.15) is 27.9 Å². The van der Waals surface area contributed by atoms with Gasteiger partial charge in [-0.3, -0.25) is 4.40 Å². The number of hydrogen-bond donors (Lipinski definition) is 0. The summed E-state index contributed by atoms with van der Waals surface area (Å²) in [5, 5.41) is 5.51. The van der Waals surface area contributed by atoms with E-state index in [1.165, 1.54) is 0 Å². The van der Waals surface area contributed by atoms with Crippen LogP contribution in [0.5, 0.6) is 0 Å². The minimum absolute atomic E-state index is 0.863. The lowest BCUT2D eigenvalue weighted by atomic mass is 9.98. The molecular formula is C39H22N2O2. The van der Waals surface area contributed by atoms with Crippen LogP contribution in [0.4, 0.5) is 0 Å². The van der Waals surface area contributed by atoms with Crippen LogP contribution in [-0.2, 0) is 0 Å². The van der Waals surface area contributed by atoms with Crippen LogP contribution in [0.3, 0.4) is 0 Å². The van der Waals surface area contributed by atoms with Gasteiger partial charge in [0.2, 0.25) is 0 Å². The Labute approximate surface area is 245 Å². The summed E-state index contributed by atoms with van der Waals surface area (Å²) < 4.78 is 15.1. The first-order valence-electron chi connectivity index (χ1n) is 14.5. The zero-order valence-corrected chi connectivity index (χ0v) is 22.9. The van der Waals surface area contributed by atoms with E-state index >= 15 is 0 Å². The van der Waals surface area contributed by atoms with E-state index in [4.69, 9.17) is 13.8 Å². The van der Waals surface area contributed by atoms with Crippen molar-refractivity contribution in [2.45, 2.75) is 0 Å². The number of fused-ring (bicyclic) bond motifs is 13. The Hall–Kier alpha value is -5.87. The summed E-state index contributed by atoms with van der Waals surface area (Å²) in [5.41, 5.74) is 12.1. The van der Waals surface area contributed by atoms with Crippen molar-refractivity contribution in [2.75, 3.05) is 0 Å². The highest BCUT2D eigenvalue weighted by molar-refractivity contribution is 6.19. The van der Waals surface area contributed by atoms with Gasteiger partial charge < -0.3 is 8.83 Å². The summed E-state index contributed by atoms with van der Waals surface area (Å²) in [6, 6.07) is 46.5. The lowest BCUT2D eigenvalue weighted by molar-refractivity contribution is 0.670. The van der Waals surface area contributed by atoms with Crippen molar-refractivity contribution < 1.29 is 8.83 Å². The van der Waals surface area contributed by atoms with Crippen LogP contribution in [0, 0.1) is 0 Å². The van der Waals surface area contributed by atoms with Crippen LogP contribution in [0.1, 0.15) is 0 Å². The van der Waals surface area contributed by atoms with Crippen molar-refractivity contribution in [3.8, 4) is 22.3 Å². The number of nitrogens with zero attached hydrogens (tertiary/aromatic N) is 2. The quantitative estimate of drug-likeness (QED) is 0.215. The Bertz CT molecular complexity index is 2720. The van der Waals surface area contributed by atoms with E-state index in [2.05, 4.69) is 120 Å². The topological polar surface area (TPSA) is 43.6 Å². The second kappa shape index (κ2) is 8.34. The molecule has 4 nitrogen and oxygen atoms in total.